The largest absolute Gasteiger partial charge is 0.481 e. The summed E-state index contributed by atoms with van der Waals surface area (Å²) < 4.78 is 2.14. The van der Waals surface area contributed by atoms with Crippen LogP contribution in [-0.4, -0.2) is 27.1 Å². The first kappa shape index (κ1) is 21.7. The molecule has 1 heterocycles. The molecule has 5 nitrogen and oxygen atoms in total. The summed E-state index contributed by atoms with van der Waals surface area (Å²) >= 11 is 0. The molecule has 2 aliphatic carbocycles. The lowest BCUT2D eigenvalue weighted by molar-refractivity contribution is -0.141. The van der Waals surface area contributed by atoms with Gasteiger partial charge in [-0.15, -0.1) is 0 Å². The van der Waals surface area contributed by atoms with E-state index in [2.05, 4.69) is 52.3 Å². The van der Waals surface area contributed by atoms with Gasteiger partial charge in [-0.3, -0.25) is 9.59 Å². The predicted octanol–water partition coefficient (Wildman–Crippen LogP) is 5.73. The molecule has 176 valence electrons. The number of hydrogen-bond acceptors (Lipinski definition) is 2. The molecular weight excluding hydrogens is 436 g/mol. The van der Waals surface area contributed by atoms with E-state index in [4.69, 9.17) is 0 Å². The van der Waals surface area contributed by atoms with Gasteiger partial charge in [0.15, 0.2) is 0 Å². The number of para-hydroxylation sites is 1. The van der Waals surface area contributed by atoms with E-state index in [1.54, 1.807) is 0 Å². The standard InChI is InChI=1S/C30H28N2O3/c1-29(17-26(33)34)19-30(16-25(29)30)31-28(35)24-9-5-8-23-14-15-32(27(23)24)18-20-10-12-22(13-11-20)21-6-3-2-4-7-21/h2-15,25H,16-19H2,1H3,(H,31,35)(H,33,34)/t25-,29+,30?/m0/s1. The normalized spacial score (nSPS) is 24.4. The highest BCUT2D eigenvalue weighted by Gasteiger charge is 2.73. The summed E-state index contributed by atoms with van der Waals surface area (Å²) in [6.45, 7) is 2.70. The van der Waals surface area contributed by atoms with Crippen LogP contribution in [0.4, 0.5) is 0 Å². The number of amides is 1. The SMILES string of the molecule is C[C@@]1(CC(=O)O)CC2(NC(=O)c3cccc4ccn(Cc5ccc(-c6ccccc6)cc5)c34)C[C@H]21. The van der Waals surface area contributed by atoms with Crippen molar-refractivity contribution in [2.45, 2.75) is 38.3 Å². The molecule has 3 atom stereocenters. The zero-order valence-corrected chi connectivity index (χ0v) is 19.7. The molecule has 2 N–H and O–H groups in total. The van der Waals surface area contributed by atoms with Crippen molar-refractivity contribution in [3.8, 4) is 11.1 Å². The Kier molecular flexibility index (Phi) is 4.85. The molecule has 0 bridgehead atoms. The van der Waals surface area contributed by atoms with Crippen LogP contribution in [0.25, 0.3) is 22.0 Å². The quantitative estimate of drug-likeness (QED) is 0.367. The van der Waals surface area contributed by atoms with Gasteiger partial charge in [-0.25, -0.2) is 0 Å². The summed E-state index contributed by atoms with van der Waals surface area (Å²) in [5, 5.41) is 13.5. The van der Waals surface area contributed by atoms with Crippen LogP contribution in [0, 0.1) is 11.3 Å². The number of nitrogens with zero attached hydrogens (tertiary/aromatic N) is 1. The van der Waals surface area contributed by atoms with Gasteiger partial charge < -0.3 is 15.0 Å². The molecule has 35 heavy (non-hydrogen) atoms. The molecule has 2 aliphatic rings. The molecule has 4 aromatic rings. The molecule has 2 fully saturated rings. The maximum Gasteiger partial charge on any atom is 0.303 e. The van der Waals surface area contributed by atoms with E-state index in [-0.39, 0.29) is 29.2 Å². The third-order valence-electron chi connectivity index (χ3n) is 8.00. The second-order valence-electron chi connectivity index (χ2n) is 10.5. The van der Waals surface area contributed by atoms with E-state index in [0.717, 1.165) is 23.7 Å². The molecular formula is C30H28N2O3. The van der Waals surface area contributed by atoms with Gasteiger partial charge in [-0.2, -0.15) is 0 Å². The van der Waals surface area contributed by atoms with Crippen LogP contribution in [-0.2, 0) is 11.3 Å². The van der Waals surface area contributed by atoms with Gasteiger partial charge in [0.25, 0.3) is 5.91 Å². The zero-order chi connectivity index (χ0) is 24.2. The Morgan fingerprint density at radius 2 is 1.71 bits per heavy atom. The van der Waals surface area contributed by atoms with E-state index < -0.39 is 5.97 Å². The summed E-state index contributed by atoms with van der Waals surface area (Å²) in [5.41, 5.74) is 4.70. The number of carbonyl (C=O) groups is 2. The van der Waals surface area contributed by atoms with Crippen LogP contribution >= 0.6 is 0 Å². The number of carbonyl (C=O) groups excluding carboxylic acids is 1. The third kappa shape index (κ3) is 3.72. The number of benzene rings is 3. The molecule has 1 unspecified atom stereocenters. The monoisotopic (exact) mass is 464 g/mol. The number of nitrogens with one attached hydrogen (secondary N) is 1. The molecule has 5 heteroatoms. The van der Waals surface area contributed by atoms with Crippen LogP contribution in [0.2, 0.25) is 0 Å². The number of carboxylic acid groups (broad SMARTS) is 1. The topological polar surface area (TPSA) is 71.3 Å². The van der Waals surface area contributed by atoms with Gasteiger partial charge in [0, 0.05) is 23.7 Å². The molecule has 2 saturated carbocycles. The number of hydrogen-bond donors (Lipinski definition) is 2. The Labute approximate surface area is 204 Å². The maximum atomic E-state index is 13.4. The highest BCUT2D eigenvalue weighted by Crippen LogP contribution is 2.71. The predicted molar refractivity (Wildman–Crippen MR) is 136 cm³/mol. The average Bonchev–Trinajstić information content (AvgIpc) is 3.28. The Morgan fingerprint density at radius 3 is 2.43 bits per heavy atom. The van der Waals surface area contributed by atoms with E-state index in [1.807, 2.05) is 49.5 Å². The first-order valence-corrected chi connectivity index (χ1v) is 12.1. The second-order valence-corrected chi connectivity index (χ2v) is 10.5. The van der Waals surface area contributed by atoms with Crippen LogP contribution in [0.5, 0.6) is 0 Å². The summed E-state index contributed by atoms with van der Waals surface area (Å²) in [5.74, 6) is -0.585. The molecule has 0 aliphatic heterocycles. The first-order chi connectivity index (χ1) is 16.9. The second kappa shape index (κ2) is 7.84. The van der Waals surface area contributed by atoms with E-state index >= 15 is 0 Å². The number of aliphatic carboxylic acids is 1. The fourth-order valence-corrected chi connectivity index (χ4v) is 6.34. The maximum absolute atomic E-state index is 13.4. The number of fused-ring (bicyclic) bond motifs is 2. The number of aromatic nitrogens is 1. The summed E-state index contributed by atoms with van der Waals surface area (Å²) in [6.07, 6.45) is 3.80. The van der Waals surface area contributed by atoms with E-state index in [1.165, 1.54) is 16.7 Å². The van der Waals surface area contributed by atoms with Crippen LogP contribution < -0.4 is 5.32 Å². The molecule has 0 spiro atoms. The molecule has 0 radical (unpaired) electrons. The van der Waals surface area contributed by atoms with Crippen LogP contribution in [0.3, 0.4) is 0 Å². The Bertz CT molecular complexity index is 1440. The van der Waals surface area contributed by atoms with Crippen molar-refractivity contribution in [3.05, 3.63) is 96.2 Å². The van der Waals surface area contributed by atoms with Crippen molar-refractivity contribution < 1.29 is 14.7 Å². The van der Waals surface area contributed by atoms with Crippen molar-refractivity contribution in [3.63, 3.8) is 0 Å². The number of carboxylic acids is 1. The lowest BCUT2D eigenvalue weighted by Crippen LogP contribution is -2.52. The highest BCUT2D eigenvalue weighted by molar-refractivity contribution is 6.06. The van der Waals surface area contributed by atoms with Gasteiger partial charge in [0.05, 0.1) is 17.5 Å². The zero-order valence-electron chi connectivity index (χ0n) is 19.7. The fraction of sp³-hybridized carbons (Fsp3) is 0.267. The molecule has 1 amide bonds. The van der Waals surface area contributed by atoms with Crippen molar-refractivity contribution in [2.75, 3.05) is 0 Å². The summed E-state index contributed by atoms with van der Waals surface area (Å²) in [7, 11) is 0. The van der Waals surface area contributed by atoms with Crippen LogP contribution in [0.15, 0.2) is 85.1 Å². The van der Waals surface area contributed by atoms with Gasteiger partial charge in [-0.1, -0.05) is 73.7 Å². The Hall–Kier alpha value is -3.86. The van der Waals surface area contributed by atoms with Gasteiger partial charge >= 0.3 is 5.97 Å². The molecule has 1 aromatic heterocycles. The number of rotatable bonds is 7. The minimum atomic E-state index is -0.765. The molecule has 3 aromatic carbocycles. The average molecular weight is 465 g/mol. The smallest absolute Gasteiger partial charge is 0.303 e. The fourth-order valence-electron chi connectivity index (χ4n) is 6.34. The lowest BCUT2D eigenvalue weighted by atomic mass is 9.65. The summed E-state index contributed by atoms with van der Waals surface area (Å²) in [4.78, 5) is 24.6. The van der Waals surface area contributed by atoms with Crippen molar-refractivity contribution in [1.82, 2.24) is 9.88 Å². The highest BCUT2D eigenvalue weighted by atomic mass is 16.4. The van der Waals surface area contributed by atoms with Crippen molar-refractivity contribution >= 4 is 22.8 Å². The van der Waals surface area contributed by atoms with Crippen molar-refractivity contribution in [1.29, 1.82) is 0 Å². The Balaban J connectivity index is 1.22. The van der Waals surface area contributed by atoms with Crippen LogP contribution in [0.1, 0.15) is 42.1 Å². The lowest BCUT2D eigenvalue weighted by Gasteiger charge is -2.44. The molecule has 0 saturated heterocycles. The van der Waals surface area contributed by atoms with E-state index in [0.29, 0.717) is 12.1 Å². The minimum Gasteiger partial charge on any atom is -0.481 e. The van der Waals surface area contributed by atoms with Gasteiger partial charge in [0.1, 0.15) is 0 Å². The van der Waals surface area contributed by atoms with Crippen molar-refractivity contribution in [2.24, 2.45) is 11.3 Å². The molecule has 6 rings (SSSR count). The van der Waals surface area contributed by atoms with Gasteiger partial charge in [-0.05, 0) is 53.0 Å². The first-order valence-electron chi connectivity index (χ1n) is 12.1. The Morgan fingerprint density at radius 1 is 0.971 bits per heavy atom. The van der Waals surface area contributed by atoms with Gasteiger partial charge in [0.2, 0.25) is 0 Å². The third-order valence-corrected chi connectivity index (χ3v) is 8.00. The van der Waals surface area contributed by atoms with E-state index in [9.17, 15) is 14.7 Å². The minimum absolute atomic E-state index is 0.0742. The summed E-state index contributed by atoms with van der Waals surface area (Å²) in [6, 6.07) is 26.8.